The van der Waals surface area contributed by atoms with Crippen LogP contribution in [0.3, 0.4) is 0 Å². The number of carbonyl (C=O) groups is 2. The van der Waals surface area contributed by atoms with Crippen molar-refractivity contribution in [2.24, 2.45) is 0 Å². The van der Waals surface area contributed by atoms with Crippen LogP contribution in [-0.2, 0) is 29.0 Å². The van der Waals surface area contributed by atoms with Crippen LogP contribution >= 0.6 is 0 Å². The maximum atomic E-state index is 12.3. The number of amides is 2. The van der Waals surface area contributed by atoms with Gasteiger partial charge >= 0.3 is 0 Å². The maximum absolute atomic E-state index is 12.3. The lowest BCUT2D eigenvalue weighted by atomic mass is 10.0. The molecule has 0 aliphatic carbocycles. The SMILES string of the molecule is O=C(CNC(=O)Cc1cccc2ccccc12)NCCc1nccn1Cc1ccccc1. The van der Waals surface area contributed by atoms with Crippen LogP contribution in [0.5, 0.6) is 0 Å². The van der Waals surface area contributed by atoms with Gasteiger partial charge in [0.1, 0.15) is 5.82 Å². The fraction of sp³-hybridized carbons (Fsp3) is 0.192. The average Bonchev–Trinajstić information content (AvgIpc) is 3.25. The summed E-state index contributed by atoms with van der Waals surface area (Å²) in [6.07, 6.45) is 4.58. The van der Waals surface area contributed by atoms with Crippen LogP contribution in [0.25, 0.3) is 10.8 Å². The first-order chi connectivity index (χ1) is 15.7. The number of nitrogens with zero attached hydrogens (tertiary/aromatic N) is 2. The predicted molar refractivity (Wildman–Crippen MR) is 125 cm³/mol. The third-order valence-electron chi connectivity index (χ3n) is 5.35. The fourth-order valence-electron chi connectivity index (χ4n) is 3.73. The van der Waals surface area contributed by atoms with Crippen molar-refractivity contribution in [1.82, 2.24) is 20.2 Å². The molecule has 3 aromatic carbocycles. The summed E-state index contributed by atoms with van der Waals surface area (Å²) in [7, 11) is 0. The Hall–Kier alpha value is -3.93. The van der Waals surface area contributed by atoms with E-state index in [1.807, 2.05) is 66.9 Å². The van der Waals surface area contributed by atoms with E-state index < -0.39 is 0 Å². The van der Waals surface area contributed by atoms with Gasteiger partial charge in [-0.15, -0.1) is 0 Å². The highest BCUT2D eigenvalue weighted by atomic mass is 16.2. The van der Waals surface area contributed by atoms with Gasteiger partial charge in [-0.05, 0) is 21.9 Å². The van der Waals surface area contributed by atoms with E-state index in [0.717, 1.165) is 28.7 Å². The van der Waals surface area contributed by atoms with Crippen LogP contribution in [0.4, 0.5) is 0 Å². The summed E-state index contributed by atoms with van der Waals surface area (Å²) in [6.45, 7) is 1.17. The molecule has 0 radical (unpaired) electrons. The summed E-state index contributed by atoms with van der Waals surface area (Å²) in [5.74, 6) is 0.529. The smallest absolute Gasteiger partial charge is 0.239 e. The molecule has 6 nitrogen and oxygen atoms in total. The van der Waals surface area contributed by atoms with Crippen molar-refractivity contribution in [3.8, 4) is 0 Å². The highest BCUT2D eigenvalue weighted by molar-refractivity contribution is 5.91. The number of hydrogen-bond acceptors (Lipinski definition) is 3. The van der Waals surface area contributed by atoms with Gasteiger partial charge in [-0.25, -0.2) is 4.98 Å². The minimum atomic E-state index is -0.211. The third-order valence-corrected chi connectivity index (χ3v) is 5.35. The summed E-state index contributed by atoms with van der Waals surface area (Å²) in [5, 5.41) is 7.72. The molecule has 0 bridgehead atoms. The average molecular weight is 427 g/mol. The Morgan fingerprint density at radius 2 is 1.62 bits per heavy atom. The fourth-order valence-corrected chi connectivity index (χ4v) is 3.73. The minimum Gasteiger partial charge on any atom is -0.354 e. The zero-order chi connectivity index (χ0) is 22.2. The van der Waals surface area contributed by atoms with E-state index in [0.29, 0.717) is 13.0 Å². The summed E-state index contributed by atoms with van der Waals surface area (Å²) >= 11 is 0. The Bertz CT molecular complexity index is 1200. The second kappa shape index (κ2) is 10.4. The first kappa shape index (κ1) is 21.3. The number of hydrogen-bond donors (Lipinski definition) is 2. The molecular weight excluding hydrogens is 400 g/mol. The molecule has 6 heteroatoms. The number of aromatic nitrogens is 2. The Labute approximate surface area is 187 Å². The van der Waals surface area contributed by atoms with Gasteiger partial charge < -0.3 is 15.2 Å². The highest BCUT2D eigenvalue weighted by Crippen LogP contribution is 2.18. The van der Waals surface area contributed by atoms with Crippen LogP contribution < -0.4 is 10.6 Å². The van der Waals surface area contributed by atoms with E-state index >= 15 is 0 Å². The van der Waals surface area contributed by atoms with Crippen molar-refractivity contribution in [2.75, 3.05) is 13.1 Å². The van der Waals surface area contributed by atoms with Gasteiger partial charge in [0, 0.05) is 31.9 Å². The lowest BCUT2D eigenvalue weighted by Crippen LogP contribution is -2.38. The minimum absolute atomic E-state index is 0.0396. The van der Waals surface area contributed by atoms with Gasteiger partial charge in [0.25, 0.3) is 0 Å². The Balaban J connectivity index is 1.21. The molecule has 2 N–H and O–H groups in total. The molecule has 1 heterocycles. The first-order valence-electron chi connectivity index (χ1n) is 10.7. The van der Waals surface area contributed by atoms with Crippen molar-refractivity contribution < 1.29 is 9.59 Å². The predicted octanol–water partition coefficient (Wildman–Crippen LogP) is 3.10. The first-order valence-corrected chi connectivity index (χ1v) is 10.7. The third kappa shape index (κ3) is 5.60. The normalized spacial score (nSPS) is 10.8. The Morgan fingerprint density at radius 3 is 2.50 bits per heavy atom. The lowest BCUT2D eigenvalue weighted by molar-refractivity contribution is -0.125. The largest absolute Gasteiger partial charge is 0.354 e. The Kier molecular flexibility index (Phi) is 6.92. The van der Waals surface area contributed by atoms with Crippen LogP contribution in [0.2, 0.25) is 0 Å². The number of rotatable bonds is 9. The van der Waals surface area contributed by atoms with Crippen molar-refractivity contribution in [3.63, 3.8) is 0 Å². The van der Waals surface area contributed by atoms with E-state index in [4.69, 9.17) is 0 Å². The van der Waals surface area contributed by atoms with E-state index in [2.05, 4.69) is 32.3 Å². The molecule has 32 heavy (non-hydrogen) atoms. The van der Waals surface area contributed by atoms with E-state index in [1.165, 1.54) is 5.56 Å². The van der Waals surface area contributed by atoms with E-state index in [1.54, 1.807) is 6.20 Å². The molecule has 0 saturated carbocycles. The van der Waals surface area contributed by atoms with Gasteiger partial charge in [-0.2, -0.15) is 0 Å². The number of fused-ring (bicyclic) bond motifs is 1. The number of nitrogens with one attached hydrogen (secondary N) is 2. The molecule has 1 aromatic heterocycles. The second-order valence-electron chi connectivity index (χ2n) is 7.65. The van der Waals surface area contributed by atoms with Crippen molar-refractivity contribution in [2.45, 2.75) is 19.4 Å². The molecular formula is C26H26N4O2. The van der Waals surface area contributed by atoms with Crippen molar-refractivity contribution in [1.29, 1.82) is 0 Å². The van der Waals surface area contributed by atoms with Gasteiger partial charge in [0.15, 0.2) is 0 Å². The van der Waals surface area contributed by atoms with Crippen molar-refractivity contribution >= 4 is 22.6 Å². The number of imidazole rings is 1. The zero-order valence-electron chi connectivity index (χ0n) is 17.8. The number of benzene rings is 3. The molecule has 162 valence electrons. The topological polar surface area (TPSA) is 76.0 Å². The van der Waals surface area contributed by atoms with E-state index in [-0.39, 0.29) is 24.8 Å². The molecule has 0 saturated heterocycles. The van der Waals surface area contributed by atoms with Crippen LogP contribution in [0.1, 0.15) is 17.0 Å². The number of carbonyl (C=O) groups excluding carboxylic acids is 2. The van der Waals surface area contributed by atoms with Gasteiger partial charge in [0.05, 0.1) is 13.0 Å². The zero-order valence-corrected chi connectivity index (χ0v) is 17.8. The molecule has 0 spiro atoms. The molecule has 0 atom stereocenters. The summed E-state index contributed by atoms with van der Waals surface area (Å²) in [5.41, 5.74) is 2.15. The van der Waals surface area contributed by atoms with Gasteiger partial charge in [-0.3, -0.25) is 9.59 Å². The van der Waals surface area contributed by atoms with Crippen LogP contribution in [0.15, 0.2) is 85.2 Å². The molecule has 0 aliphatic rings. The summed E-state index contributed by atoms with van der Waals surface area (Å²) in [6, 6.07) is 24.1. The second-order valence-corrected chi connectivity index (χ2v) is 7.65. The van der Waals surface area contributed by atoms with E-state index in [9.17, 15) is 9.59 Å². The molecule has 0 unspecified atom stereocenters. The monoisotopic (exact) mass is 426 g/mol. The highest BCUT2D eigenvalue weighted by Gasteiger charge is 2.09. The van der Waals surface area contributed by atoms with Crippen molar-refractivity contribution in [3.05, 3.63) is 102 Å². The van der Waals surface area contributed by atoms with Crippen LogP contribution in [-0.4, -0.2) is 34.5 Å². The quantitative estimate of drug-likeness (QED) is 0.432. The van der Waals surface area contributed by atoms with Gasteiger partial charge in [0.2, 0.25) is 11.8 Å². The van der Waals surface area contributed by atoms with Crippen LogP contribution in [0, 0.1) is 0 Å². The molecule has 4 aromatic rings. The maximum Gasteiger partial charge on any atom is 0.239 e. The van der Waals surface area contributed by atoms with Gasteiger partial charge in [-0.1, -0.05) is 72.8 Å². The molecule has 4 rings (SSSR count). The molecule has 0 fully saturated rings. The summed E-state index contributed by atoms with van der Waals surface area (Å²) in [4.78, 5) is 28.9. The Morgan fingerprint density at radius 1 is 0.844 bits per heavy atom. The molecule has 0 aliphatic heterocycles. The lowest BCUT2D eigenvalue weighted by Gasteiger charge is -2.10. The standard InChI is InChI=1S/C26H26N4O2/c31-25(17-22-11-6-10-21-9-4-5-12-23(21)22)29-18-26(32)28-14-13-24-27-15-16-30(24)19-20-7-2-1-3-8-20/h1-12,15-16H,13-14,17-19H2,(H,28,32)(H,29,31). The summed E-state index contributed by atoms with van der Waals surface area (Å²) < 4.78 is 2.08. The molecule has 2 amide bonds.